The largest absolute Gasteiger partial charge is 0.486 e. The van der Waals surface area contributed by atoms with Gasteiger partial charge in [0.25, 0.3) is 0 Å². The zero-order valence-electron chi connectivity index (χ0n) is 10.6. The highest BCUT2D eigenvalue weighted by molar-refractivity contribution is 5.58. The van der Waals surface area contributed by atoms with E-state index < -0.39 is 0 Å². The van der Waals surface area contributed by atoms with Gasteiger partial charge in [0.15, 0.2) is 5.76 Å². The minimum atomic E-state index is -0.273. The molecule has 0 radical (unpaired) electrons. The highest BCUT2D eigenvalue weighted by Crippen LogP contribution is 2.20. The molecular formula is C16H12FNO2. The predicted octanol–water partition coefficient (Wildman–Crippen LogP) is 4.06. The SMILES string of the molecule is Fc1ccc(-c2cc(COc3ccccc3)on2)cc1. The molecule has 0 bridgehead atoms. The molecule has 0 amide bonds. The monoisotopic (exact) mass is 269 g/mol. The van der Waals surface area contributed by atoms with E-state index in [1.807, 2.05) is 30.3 Å². The van der Waals surface area contributed by atoms with E-state index in [0.717, 1.165) is 11.3 Å². The van der Waals surface area contributed by atoms with Crippen molar-refractivity contribution in [1.29, 1.82) is 0 Å². The number of hydrogen-bond donors (Lipinski definition) is 0. The lowest BCUT2D eigenvalue weighted by Gasteiger charge is -2.01. The lowest BCUT2D eigenvalue weighted by atomic mass is 10.1. The smallest absolute Gasteiger partial charge is 0.174 e. The summed E-state index contributed by atoms with van der Waals surface area (Å²) in [6.45, 7) is 0.304. The van der Waals surface area contributed by atoms with Gasteiger partial charge in [0.1, 0.15) is 23.9 Å². The van der Waals surface area contributed by atoms with Crippen LogP contribution in [-0.2, 0) is 6.61 Å². The Morgan fingerprint density at radius 3 is 2.50 bits per heavy atom. The van der Waals surface area contributed by atoms with Crippen LogP contribution in [0.2, 0.25) is 0 Å². The maximum atomic E-state index is 12.9. The van der Waals surface area contributed by atoms with E-state index in [1.165, 1.54) is 12.1 Å². The molecule has 3 rings (SSSR count). The molecule has 0 aliphatic carbocycles. The van der Waals surface area contributed by atoms with Gasteiger partial charge in [0.05, 0.1) is 0 Å². The van der Waals surface area contributed by atoms with Crippen LogP contribution < -0.4 is 4.74 Å². The third-order valence-corrected chi connectivity index (χ3v) is 2.82. The van der Waals surface area contributed by atoms with E-state index in [0.29, 0.717) is 18.1 Å². The molecule has 0 saturated heterocycles. The van der Waals surface area contributed by atoms with Crippen LogP contribution in [-0.4, -0.2) is 5.16 Å². The lowest BCUT2D eigenvalue weighted by molar-refractivity contribution is 0.249. The summed E-state index contributed by atoms with van der Waals surface area (Å²) in [7, 11) is 0. The predicted molar refractivity (Wildman–Crippen MR) is 72.7 cm³/mol. The van der Waals surface area contributed by atoms with Crippen molar-refractivity contribution < 1.29 is 13.7 Å². The molecule has 0 fully saturated rings. The minimum absolute atomic E-state index is 0.273. The Bertz CT molecular complexity index is 677. The second-order valence-electron chi connectivity index (χ2n) is 4.29. The summed E-state index contributed by atoms with van der Waals surface area (Å²) >= 11 is 0. The number of ether oxygens (including phenoxy) is 1. The van der Waals surface area contributed by atoms with Crippen molar-refractivity contribution in [2.45, 2.75) is 6.61 Å². The van der Waals surface area contributed by atoms with Crippen LogP contribution in [0.25, 0.3) is 11.3 Å². The number of benzene rings is 2. The van der Waals surface area contributed by atoms with Crippen molar-refractivity contribution in [3.8, 4) is 17.0 Å². The van der Waals surface area contributed by atoms with Crippen molar-refractivity contribution in [3.63, 3.8) is 0 Å². The molecule has 1 aromatic heterocycles. The van der Waals surface area contributed by atoms with E-state index in [9.17, 15) is 4.39 Å². The summed E-state index contributed by atoms with van der Waals surface area (Å²) in [4.78, 5) is 0. The topological polar surface area (TPSA) is 35.3 Å². The molecule has 3 aromatic rings. The molecule has 3 nitrogen and oxygen atoms in total. The normalized spacial score (nSPS) is 10.4. The van der Waals surface area contributed by atoms with E-state index >= 15 is 0 Å². The highest BCUT2D eigenvalue weighted by Gasteiger charge is 2.07. The fourth-order valence-corrected chi connectivity index (χ4v) is 1.81. The number of halogens is 1. The van der Waals surface area contributed by atoms with E-state index in [2.05, 4.69) is 5.16 Å². The van der Waals surface area contributed by atoms with Crippen molar-refractivity contribution >= 4 is 0 Å². The van der Waals surface area contributed by atoms with Gasteiger partial charge < -0.3 is 9.26 Å². The van der Waals surface area contributed by atoms with Gasteiger partial charge in [-0.3, -0.25) is 0 Å². The zero-order chi connectivity index (χ0) is 13.8. The second-order valence-corrected chi connectivity index (χ2v) is 4.29. The van der Waals surface area contributed by atoms with E-state index in [1.54, 1.807) is 18.2 Å². The van der Waals surface area contributed by atoms with Crippen molar-refractivity contribution in [2.75, 3.05) is 0 Å². The van der Waals surface area contributed by atoms with Crippen LogP contribution >= 0.6 is 0 Å². The number of aromatic nitrogens is 1. The Morgan fingerprint density at radius 2 is 1.75 bits per heavy atom. The lowest BCUT2D eigenvalue weighted by Crippen LogP contribution is -1.92. The van der Waals surface area contributed by atoms with Crippen LogP contribution in [0.1, 0.15) is 5.76 Å². The first-order chi connectivity index (χ1) is 9.81. The first-order valence-corrected chi connectivity index (χ1v) is 6.21. The Labute approximate surface area is 115 Å². The summed E-state index contributed by atoms with van der Waals surface area (Å²) < 4.78 is 23.6. The van der Waals surface area contributed by atoms with Gasteiger partial charge in [-0.2, -0.15) is 0 Å². The van der Waals surface area contributed by atoms with Gasteiger partial charge in [-0.15, -0.1) is 0 Å². The van der Waals surface area contributed by atoms with Gasteiger partial charge >= 0.3 is 0 Å². The highest BCUT2D eigenvalue weighted by atomic mass is 19.1. The molecule has 4 heteroatoms. The van der Waals surface area contributed by atoms with Crippen LogP contribution in [0.4, 0.5) is 4.39 Å². The van der Waals surface area contributed by atoms with E-state index in [4.69, 9.17) is 9.26 Å². The fraction of sp³-hybridized carbons (Fsp3) is 0.0625. The Kier molecular flexibility index (Phi) is 3.46. The third-order valence-electron chi connectivity index (χ3n) is 2.82. The summed E-state index contributed by atoms with van der Waals surface area (Å²) in [5.74, 6) is 1.12. The molecule has 100 valence electrons. The van der Waals surface area contributed by atoms with Gasteiger partial charge in [0, 0.05) is 11.6 Å². The molecule has 20 heavy (non-hydrogen) atoms. The molecule has 0 N–H and O–H groups in total. The molecule has 0 spiro atoms. The van der Waals surface area contributed by atoms with Gasteiger partial charge in [0.2, 0.25) is 0 Å². The third kappa shape index (κ3) is 2.85. The summed E-state index contributed by atoms with van der Waals surface area (Å²) in [6, 6.07) is 17.4. The van der Waals surface area contributed by atoms with Gasteiger partial charge in [-0.1, -0.05) is 23.4 Å². The molecule has 2 aromatic carbocycles. The van der Waals surface area contributed by atoms with Crippen molar-refractivity contribution in [2.24, 2.45) is 0 Å². The van der Waals surface area contributed by atoms with Crippen LogP contribution in [0.15, 0.2) is 65.2 Å². The maximum Gasteiger partial charge on any atom is 0.174 e. The molecule has 0 aliphatic heterocycles. The van der Waals surface area contributed by atoms with Gasteiger partial charge in [-0.25, -0.2) is 4.39 Å². The van der Waals surface area contributed by atoms with Crippen LogP contribution in [0, 0.1) is 5.82 Å². The standard InChI is InChI=1S/C16H12FNO2/c17-13-8-6-12(7-9-13)16-10-15(20-18-16)11-19-14-4-2-1-3-5-14/h1-10H,11H2. The molecule has 1 heterocycles. The maximum absolute atomic E-state index is 12.9. The van der Waals surface area contributed by atoms with E-state index in [-0.39, 0.29) is 5.82 Å². The van der Waals surface area contributed by atoms with Crippen LogP contribution in [0.3, 0.4) is 0 Å². The Balaban J connectivity index is 1.69. The first-order valence-electron chi connectivity index (χ1n) is 6.21. The second kappa shape index (κ2) is 5.57. The quantitative estimate of drug-likeness (QED) is 0.716. The average molecular weight is 269 g/mol. The average Bonchev–Trinajstić information content (AvgIpc) is 2.96. The number of nitrogens with zero attached hydrogens (tertiary/aromatic N) is 1. The zero-order valence-corrected chi connectivity index (χ0v) is 10.6. The minimum Gasteiger partial charge on any atom is -0.486 e. The number of para-hydroxylation sites is 1. The van der Waals surface area contributed by atoms with Gasteiger partial charge in [-0.05, 0) is 36.4 Å². The Hall–Kier alpha value is -2.62. The van der Waals surface area contributed by atoms with Crippen molar-refractivity contribution in [3.05, 3.63) is 72.2 Å². The Morgan fingerprint density at radius 1 is 1.00 bits per heavy atom. The fourth-order valence-electron chi connectivity index (χ4n) is 1.81. The molecule has 0 saturated carbocycles. The summed E-state index contributed by atoms with van der Waals surface area (Å²) in [5.41, 5.74) is 1.47. The summed E-state index contributed by atoms with van der Waals surface area (Å²) in [5, 5.41) is 3.95. The summed E-state index contributed by atoms with van der Waals surface area (Å²) in [6.07, 6.45) is 0. The number of hydrogen-bond acceptors (Lipinski definition) is 3. The van der Waals surface area contributed by atoms with Crippen molar-refractivity contribution in [1.82, 2.24) is 5.16 Å². The van der Waals surface area contributed by atoms with Crippen LogP contribution in [0.5, 0.6) is 5.75 Å². The number of rotatable bonds is 4. The molecule has 0 unspecified atom stereocenters. The molecule has 0 aliphatic rings. The molecular weight excluding hydrogens is 257 g/mol. The first kappa shape index (κ1) is 12.4. The molecule has 0 atom stereocenters.